The van der Waals surface area contributed by atoms with E-state index in [1.165, 1.54) is 0 Å². The van der Waals surface area contributed by atoms with Crippen LogP contribution >= 0.6 is 0 Å². The summed E-state index contributed by atoms with van der Waals surface area (Å²) in [6.07, 6.45) is 3.47. The molecular formula is C31H37N3O4. The van der Waals surface area contributed by atoms with Crippen LogP contribution in [-0.4, -0.2) is 42.3 Å². The van der Waals surface area contributed by atoms with Crippen LogP contribution in [-0.2, 0) is 17.8 Å². The van der Waals surface area contributed by atoms with Crippen molar-refractivity contribution in [3.8, 4) is 17.2 Å². The molecule has 1 amide bonds. The molecule has 7 heteroatoms. The summed E-state index contributed by atoms with van der Waals surface area (Å²) in [5.74, 6) is 3.19. The smallest absolute Gasteiger partial charge is 0.257 e. The number of aromatic nitrogens is 2. The van der Waals surface area contributed by atoms with Crippen molar-refractivity contribution in [1.82, 2.24) is 14.9 Å². The predicted molar refractivity (Wildman–Crippen MR) is 150 cm³/mol. The predicted octanol–water partition coefficient (Wildman–Crippen LogP) is 5.65. The van der Waals surface area contributed by atoms with Crippen LogP contribution in [0.4, 0.5) is 0 Å². The van der Waals surface area contributed by atoms with Crippen molar-refractivity contribution < 1.29 is 19.0 Å². The second kappa shape index (κ2) is 13.5. The van der Waals surface area contributed by atoms with E-state index in [2.05, 4.69) is 16.0 Å². The topological polar surface area (TPSA) is 74.6 Å². The number of amides is 1. The minimum absolute atomic E-state index is 0.0136. The average molecular weight is 516 g/mol. The molecule has 4 aromatic rings. The fourth-order valence-corrected chi connectivity index (χ4v) is 4.39. The summed E-state index contributed by atoms with van der Waals surface area (Å²) in [6.45, 7) is 6.06. The van der Waals surface area contributed by atoms with Gasteiger partial charge in [-0.15, -0.1) is 0 Å². The van der Waals surface area contributed by atoms with E-state index >= 15 is 0 Å². The maximum atomic E-state index is 12.3. The largest absolute Gasteiger partial charge is 0.493 e. The summed E-state index contributed by atoms with van der Waals surface area (Å²) in [6, 6.07) is 21.9. The summed E-state index contributed by atoms with van der Waals surface area (Å²) in [4.78, 5) is 17.2. The third kappa shape index (κ3) is 7.28. The zero-order chi connectivity index (χ0) is 26.7. The molecule has 0 aliphatic rings. The number of hydrogen-bond donors (Lipinski definition) is 1. The highest BCUT2D eigenvalue weighted by Crippen LogP contribution is 2.26. The molecule has 0 spiro atoms. The van der Waals surface area contributed by atoms with E-state index in [4.69, 9.17) is 19.2 Å². The Morgan fingerprint density at radius 1 is 0.895 bits per heavy atom. The minimum Gasteiger partial charge on any atom is -0.493 e. The van der Waals surface area contributed by atoms with Gasteiger partial charge in [-0.2, -0.15) is 0 Å². The third-order valence-electron chi connectivity index (χ3n) is 6.44. The molecule has 1 N–H and O–H groups in total. The van der Waals surface area contributed by atoms with E-state index in [0.717, 1.165) is 77.5 Å². The van der Waals surface area contributed by atoms with Gasteiger partial charge in [-0.25, -0.2) is 4.98 Å². The van der Waals surface area contributed by atoms with Gasteiger partial charge in [-0.05, 0) is 74.6 Å². The Labute approximate surface area is 224 Å². The molecule has 0 saturated carbocycles. The van der Waals surface area contributed by atoms with Gasteiger partial charge in [0.2, 0.25) is 0 Å². The van der Waals surface area contributed by atoms with Crippen molar-refractivity contribution in [2.75, 3.05) is 26.9 Å². The van der Waals surface area contributed by atoms with E-state index in [9.17, 15) is 4.79 Å². The van der Waals surface area contributed by atoms with Crippen molar-refractivity contribution >= 4 is 16.9 Å². The Balaban J connectivity index is 1.24. The number of ether oxygens (including phenoxy) is 3. The van der Waals surface area contributed by atoms with E-state index < -0.39 is 0 Å². The number of benzene rings is 3. The van der Waals surface area contributed by atoms with Crippen molar-refractivity contribution in [3.63, 3.8) is 0 Å². The van der Waals surface area contributed by atoms with Crippen LogP contribution in [0.25, 0.3) is 11.0 Å². The van der Waals surface area contributed by atoms with Gasteiger partial charge in [-0.3, -0.25) is 4.79 Å². The summed E-state index contributed by atoms with van der Waals surface area (Å²) in [7, 11) is 1.65. The Hall–Kier alpha value is -4.00. The van der Waals surface area contributed by atoms with Gasteiger partial charge in [-0.1, -0.05) is 36.4 Å². The van der Waals surface area contributed by atoms with Crippen molar-refractivity contribution in [3.05, 3.63) is 83.7 Å². The summed E-state index contributed by atoms with van der Waals surface area (Å²) >= 11 is 0. The van der Waals surface area contributed by atoms with E-state index in [0.29, 0.717) is 13.2 Å². The number of nitrogens with zero attached hydrogens (tertiary/aromatic N) is 2. The van der Waals surface area contributed by atoms with E-state index in [-0.39, 0.29) is 12.5 Å². The molecule has 38 heavy (non-hydrogen) atoms. The number of fused-ring (bicyclic) bond motifs is 1. The molecule has 0 atom stereocenters. The number of carbonyl (C=O) groups excluding carboxylic acids is 1. The number of nitrogens with one attached hydrogen (secondary N) is 1. The fourth-order valence-electron chi connectivity index (χ4n) is 4.39. The van der Waals surface area contributed by atoms with Crippen LogP contribution in [0.5, 0.6) is 17.2 Å². The first-order valence-corrected chi connectivity index (χ1v) is 13.2. The van der Waals surface area contributed by atoms with Gasteiger partial charge in [0, 0.05) is 19.5 Å². The first-order chi connectivity index (χ1) is 18.5. The van der Waals surface area contributed by atoms with Crippen LogP contribution in [0.15, 0.2) is 66.7 Å². The Bertz CT molecular complexity index is 1350. The van der Waals surface area contributed by atoms with Crippen molar-refractivity contribution in [2.24, 2.45) is 0 Å². The lowest BCUT2D eigenvalue weighted by molar-refractivity contribution is -0.123. The first-order valence-electron chi connectivity index (χ1n) is 13.2. The van der Waals surface area contributed by atoms with Gasteiger partial charge in [0.25, 0.3) is 5.91 Å². The van der Waals surface area contributed by atoms with Crippen LogP contribution in [0, 0.1) is 13.8 Å². The average Bonchev–Trinajstić information content (AvgIpc) is 3.28. The Morgan fingerprint density at radius 3 is 2.53 bits per heavy atom. The molecule has 0 aliphatic carbocycles. The summed E-state index contributed by atoms with van der Waals surface area (Å²) < 4.78 is 19.3. The highest BCUT2D eigenvalue weighted by molar-refractivity contribution is 5.77. The zero-order valence-electron chi connectivity index (χ0n) is 22.5. The lowest BCUT2D eigenvalue weighted by Crippen LogP contribution is -2.30. The molecule has 3 aromatic carbocycles. The molecule has 1 heterocycles. The number of para-hydroxylation sites is 4. The zero-order valence-corrected chi connectivity index (χ0v) is 22.5. The number of unbranched alkanes of at least 4 members (excludes halogenated alkanes) is 1. The fraction of sp³-hybridized carbons (Fsp3) is 0.355. The normalized spacial score (nSPS) is 10.9. The quantitative estimate of drug-likeness (QED) is 0.220. The third-order valence-corrected chi connectivity index (χ3v) is 6.44. The molecule has 200 valence electrons. The van der Waals surface area contributed by atoms with Gasteiger partial charge < -0.3 is 24.1 Å². The van der Waals surface area contributed by atoms with E-state index in [1.807, 2.05) is 74.5 Å². The lowest BCUT2D eigenvalue weighted by Gasteiger charge is -2.12. The van der Waals surface area contributed by atoms with Crippen molar-refractivity contribution in [1.29, 1.82) is 0 Å². The monoisotopic (exact) mass is 515 g/mol. The molecule has 0 bridgehead atoms. The van der Waals surface area contributed by atoms with Crippen LogP contribution in [0.1, 0.15) is 36.2 Å². The molecular weight excluding hydrogens is 478 g/mol. The standard InChI is InChI=1S/C31H37N3O4/c1-23-16-17-24(2)29(21-23)38-22-31(35)32-18-10-15-30-33-25-11-4-5-12-26(25)34(30)19-8-9-20-37-28-14-7-6-13-27(28)36-3/h4-7,11-14,16-17,21H,8-10,15,18-20,22H2,1-3H3,(H,32,35). The molecule has 0 saturated heterocycles. The summed E-state index contributed by atoms with van der Waals surface area (Å²) in [5.41, 5.74) is 4.27. The molecule has 0 fully saturated rings. The number of aryl methyl sites for hydroxylation is 4. The van der Waals surface area contributed by atoms with Crippen LogP contribution in [0.3, 0.4) is 0 Å². The van der Waals surface area contributed by atoms with Gasteiger partial charge in [0.1, 0.15) is 11.6 Å². The van der Waals surface area contributed by atoms with Gasteiger partial charge >= 0.3 is 0 Å². The molecule has 1 aromatic heterocycles. The number of methoxy groups -OCH3 is 1. The number of hydrogen-bond acceptors (Lipinski definition) is 5. The van der Waals surface area contributed by atoms with Crippen molar-refractivity contribution in [2.45, 2.75) is 46.1 Å². The SMILES string of the molecule is COc1ccccc1OCCCCn1c(CCCNC(=O)COc2cc(C)ccc2C)nc2ccccc21. The highest BCUT2D eigenvalue weighted by atomic mass is 16.5. The number of imidazole rings is 1. The first kappa shape index (κ1) is 27.0. The second-order valence-corrected chi connectivity index (χ2v) is 9.39. The minimum atomic E-state index is -0.116. The van der Waals surface area contributed by atoms with Crippen LogP contribution in [0.2, 0.25) is 0 Å². The van der Waals surface area contributed by atoms with Gasteiger partial charge in [0.15, 0.2) is 18.1 Å². The maximum absolute atomic E-state index is 12.3. The van der Waals surface area contributed by atoms with E-state index in [1.54, 1.807) is 7.11 Å². The molecule has 0 aliphatic heterocycles. The molecule has 4 rings (SSSR count). The summed E-state index contributed by atoms with van der Waals surface area (Å²) in [5, 5.41) is 2.97. The number of carbonyl (C=O) groups is 1. The second-order valence-electron chi connectivity index (χ2n) is 9.39. The molecule has 7 nitrogen and oxygen atoms in total. The number of rotatable bonds is 14. The van der Waals surface area contributed by atoms with Crippen LogP contribution < -0.4 is 19.5 Å². The Kier molecular flexibility index (Phi) is 9.62. The van der Waals surface area contributed by atoms with Gasteiger partial charge in [0.05, 0.1) is 24.8 Å². The molecule has 0 unspecified atom stereocenters. The molecule has 0 radical (unpaired) electrons. The maximum Gasteiger partial charge on any atom is 0.257 e. The lowest BCUT2D eigenvalue weighted by atomic mass is 10.1. The highest BCUT2D eigenvalue weighted by Gasteiger charge is 2.11. The Morgan fingerprint density at radius 2 is 1.68 bits per heavy atom.